The summed E-state index contributed by atoms with van der Waals surface area (Å²) in [4.78, 5) is 11.2. The topological polar surface area (TPSA) is 26.3 Å². The summed E-state index contributed by atoms with van der Waals surface area (Å²) in [6, 6.07) is 0. The quantitative estimate of drug-likeness (QED) is 0.613. The molecule has 1 rings (SSSR count). The van der Waals surface area contributed by atoms with Crippen molar-refractivity contribution in [1.29, 1.82) is 0 Å². The first kappa shape index (κ1) is 10.5. The summed E-state index contributed by atoms with van der Waals surface area (Å²) in [5, 5.41) is 0. The van der Waals surface area contributed by atoms with Gasteiger partial charge >= 0.3 is 0 Å². The smallest absolute Gasteiger partial charge is 0.135 e. The number of hydrogen-bond donors (Lipinski definition) is 0. The molecule has 0 aromatic heterocycles. The average Bonchev–Trinajstić information content (AvgIpc) is 2.29. The molecule has 0 spiro atoms. The number of rotatable bonds is 2. The zero-order valence-electron chi connectivity index (χ0n) is 8.83. The van der Waals surface area contributed by atoms with E-state index in [-0.39, 0.29) is 23.9 Å². The van der Waals surface area contributed by atoms with Crippen molar-refractivity contribution in [1.82, 2.24) is 0 Å². The van der Waals surface area contributed by atoms with Gasteiger partial charge in [-0.3, -0.25) is 4.79 Å². The van der Waals surface area contributed by atoms with Crippen LogP contribution in [0.25, 0.3) is 0 Å². The van der Waals surface area contributed by atoms with Gasteiger partial charge in [0.15, 0.2) is 0 Å². The SMILES string of the molecule is CC(=O)C1CC(C=C(C)C)O[C@@H]1C. The Balaban J connectivity index is 2.60. The Morgan fingerprint density at radius 3 is 2.38 bits per heavy atom. The van der Waals surface area contributed by atoms with Crippen molar-refractivity contribution in [2.45, 2.75) is 46.3 Å². The highest BCUT2D eigenvalue weighted by Gasteiger charge is 2.33. The molecule has 0 amide bonds. The van der Waals surface area contributed by atoms with Gasteiger partial charge in [-0.25, -0.2) is 0 Å². The zero-order valence-corrected chi connectivity index (χ0v) is 8.83. The first-order valence-electron chi connectivity index (χ1n) is 4.81. The van der Waals surface area contributed by atoms with Crippen molar-refractivity contribution in [3.05, 3.63) is 11.6 Å². The molecule has 13 heavy (non-hydrogen) atoms. The van der Waals surface area contributed by atoms with Gasteiger partial charge in [-0.1, -0.05) is 11.6 Å². The molecule has 0 aliphatic carbocycles. The van der Waals surface area contributed by atoms with Crippen LogP contribution in [0.15, 0.2) is 11.6 Å². The number of ether oxygens (including phenoxy) is 1. The fourth-order valence-electron chi connectivity index (χ4n) is 1.84. The fraction of sp³-hybridized carbons (Fsp3) is 0.727. The molecule has 3 atom stereocenters. The van der Waals surface area contributed by atoms with Gasteiger partial charge in [0, 0.05) is 5.92 Å². The second kappa shape index (κ2) is 4.05. The lowest BCUT2D eigenvalue weighted by Gasteiger charge is -2.08. The van der Waals surface area contributed by atoms with Crippen molar-refractivity contribution in [2.24, 2.45) is 5.92 Å². The first-order valence-corrected chi connectivity index (χ1v) is 4.81. The maximum absolute atomic E-state index is 11.2. The molecule has 1 fully saturated rings. The molecule has 1 aliphatic heterocycles. The predicted molar refractivity (Wildman–Crippen MR) is 52.6 cm³/mol. The van der Waals surface area contributed by atoms with Crippen molar-refractivity contribution in [3.8, 4) is 0 Å². The largest absolute Gasteiger partial charge is 0.370 e. The second-order valence-electron chi connectivity index (χ2n) is 4.08. The van der Waals surface area contributed by atoms with Crippen LogP contribution in [0.3, 0.4) is 0 Å². The molecule has 74 valence electrons. The highest BCUT2D eigenvalue weighted by molar-refractivity contribution is 5.79. The van der Waals surface area contributed by atoms with Crippen LogP contribution >= 0.6 is 0 Å². The number of carbonyl (C=O) groups is 1. The van der Waals surface area contributed by atoms with Crippen molar-refractivity contribution < 1.29 is 9.53 Å². The summed E-state index contributed by atoms with van der Waals surface area (Å²) in [6.07, 6.45) is 3.17. The fourth-order valence-corrected chi connectivity index (χ4v) is 1.84. The Labute approximate surface area is 80.0 Å². The van der Waals surface area contributed by atoms with Crippen LogP contribution in [0, 0.1) is 5.92 Å². The van der Waals surface area contributed by atoms with Gasteiger partial charge < -0.3 is 4.74 Å². The van der Waals surface area contributed by atoms with Crippen LogP contribution in [0.5, 0.6) is 0 Å². The molecule has 0 N–H and O–H groups in total. The molecule has 0 saturated carbocycles. The van der Waals surface area contributed by atoms with E-state index in [1.165, 1.54) is 5.57 Å². The van der Waals surface area contributed by atoms with Crippen LogP contribution in [0.2, 0.25) is 0 Å². The summed E-state index contributed by atoms with van der Waals surface area (Å²) < 4.78 is 5.65. The lowest BCUT2D eigenvalue weighted by atomic mass is 9.96. The summed E-state index contributed by atoms with van der Waals surface area (Å²) in [5.41, 5.74) is 1.25. The van der Waals surface area contributed by atoms with Crippen LogP contribution in [-0.2, 0) is 9.53 Å². The Morgan fingerprint density at radius 2 is 2.00 bits per heavy atom. The standard InChI is InChI=1S/C11H18O2/c1-7(2)5-10-6-11(8(3)12)9(4)13-10/h5,9-11H,6H2,1-4H3/t9-,10?,11?/m1/s1. The summed E-state index contributed by atoms with van der Waals surface area (Å²) in [6.45, 7) is 7.73. The van der Waals surface area contributed by atoms with E-state index in [1.807, 2.05) is 6.92 Å². The molecule has 1 saturated heterocycles. The van der Waals surface area contributed by atoms with E-state index in [4.69, 9.17) is 4.74 Å². The van der Waals surface area contributed by atoms with Crippen LogP contribution in [0.4, 0.5) is 0 Å². The summed E-state index contributed by atoms with van der Waals surface area (Å²) in [7, 11) is 0. The Bertz CT molecular complexity index is 226. The molecule has 2 heteroatoms. The first-order chi connectivity index (χ1) is 6.00. The third-order valence-corrected chi connectivity index (χ3v) is 2.48. The summed E-state index contributed by atoms with van der Waals surface area (Å²) in [5.74, 6) is 0.345. The van der Waals surface area contributed by atoms with Crippen LogP contribution in [-0.4, -0.2) is 18.0 Å². The van der Waals surface area contributed by atoms with E-state index < -0.39 is 0 Å². The third-order valence-electron chi connectivity index (χ3n) is 2.48. The number of ketones is 1. The second-order valence-corrected chi connectivity index (χ2v) is 4.08. The molecule has 0 radical (unpaired) electrons. The highest BCUT2D eigenvalue weighted by atomic mass is 16.5. The van der Waals surface area contributed by atoms with E-state index in [2.05, 4.69) is 19.9 Å². The lowest BCUT2D eigenvalue weighted by molar-refractivity contribution is -0.122. The average molecular weight is 182 g/mol. The minimum Gasteiger partial charge on any atom is -0.370 e. The molecule has 0 aromatic carbocycles. The Morgan fingerprint density at radius 1 is 1.38 bits per heavy atom. The van der Waals surface area contributed by atoms with Crippen LogP contribution in [0.1, 0.15) is 34.1 Å². The minimum atomic E-state index is 0.0816. The van der Waals surface area contributed by atoms with Gasteiger partial charge in [0.1, 0.15) is 5.78 Å². The minimum absolute atomic E-state index is 0.0816. The maximum atomic E-state index is 11.2. The molecular formula is C11H18O2. The van der Waals surface area contributed by atoms with E-state index in [0.29, 0.717) is 0 Å². The lowest BCUT2D eigenvalue weighted by Crippen LogP contribution is -2.18. The van der Waals surface area contributed by atoms with Gasteiger partial charge in [-0.15, -0.1) is 0 Å². The molecular weight excluding hydrogens is 164 g/mol. The normalized spacial score (nSPS) is 33.1. The van der Waals surface area contributed by atoms with Gasteiger partial charge in [0.05, 0.1) is 12.2 Å². The van der Waals surface area contributed by atoms with Gasteiger partial charge in [-0.2, -0.15) is 0 Å². The van der Waals surface area contributed by atoms with E-state index in [1.54, 1.807) is 6.92 Å². The molecule has 0 bridgehead atoms. The van der Waals surface area contributed by atoms with Crippen LogP contribution < -0.4 is 0 Å². The monoisotopic (exact) mass is 182 g/mol. The predicted octanol–water partition coefficient (Wildman–Crippen LogP) is 2.34. The zero-order chi connectivity index (χ0) is 10.0. The Kier molecular flexibility index (Phi) is 3.26. The number of Topliss-reactive ketones (excluding diaryl/α,β-unsaturated/α-hetero) is 1. The van der Waals surface area contributed by atoms with Gasteiger partial charge in [0.25, 0.3) is 0 Å². The molecule has 0 aromatic rings. The highest BCUT2D eigenvalue weighted by Crippen LogP contribution is 2.28. The van der Waals surface area contributed by atoms with Gasteiger partial charge in [0.2, 0.25) is 0 Å². The summed E-state index contributed by atoms with van der Waals surface area (Å²) >= 11 is 0. The maximum Gasteiger partial charge on any atom is 0.135 e. The molecule has 2 unspecified atom stereocenters. The van der Waals surface area contributed by atoms with Gasteiger partial charge in [-0.05, 0) is 34.1 Å². The third kappa shape index (κ3) is 2.66. The van der Waals surface area contributed by atoms with E-state index >= 15 is 0 Å². The van der Waals surface area contributed by atoms with E-state index in [0.717, 1.165) is 6.42 Å². The number of carbonyl (C=O) groups excluding carboxylic acids is 1. The van der Waals surface area contributed by atoms with E-state index in [9.17, 15) is 4.79 Å². The number of allylic oxidation sites excluding steroid dienone is 1. The van der Waals surface area contributed by atoms with Crippen molar-refractivity contribution >= 4 is 5.78 Å². The van der Waals surface area contributed by atoms with Crippen molar-refractivity contribution in [2.75, 3.05) is 0 Å². The number of hydrogen-bond acceptors (Lipinski definition) is 2. The molecule has 1 aliphatic rings. The molecule has 2 nitrogen and oxygen atoms in total. The van der Waals surface area contributed by atoms with Crippen molar-refractivity contribution in [3.63, 3.8) is 0 Å². The Hall–Kier alpha value is -0.630. The molecule has 1 heterocycles.